The third kappa shape index (κ3) is 3.75. The highest BCUT2D eigenvalue weighted by molar-refractivity contribution is 5.65. The summed E-state index contributed by atoms with van der Waals surface area (Å²) >= 11 is 0. The first-order valence-electron chi connectivity index (χ1n) is 10.5. The molecule has 0 radical (unpaired) electrons. The summed E-state index contributed by atoms with van der Waals surface area (Å²) in [5, 5.41) is 12.3. The molecule has 1 saturated carbocycles. The van der Waals surface area contributed by atoms with Crippen molar-refractivity contribution in [1.29, 1.82) is 0 Å². The van der Waals surface area contributed by atoms with Gasteiger partial charge in [-0.05, 0) is 43.9 Å². The normalized spacial score (nSPS) is 21.9. The summed E-state index contributed by atoms with van der Waals surface area (Å²) < 4.78 is 13.3. The van der Waals surface area contributed by atoms with Crippen LogP contribution in [0.2, 0.25) is 0 Å². The third-order valence-electron chi connectivity index (χ3n) is 5.81. The van der Waals surface area contributed by atoms with Crippen molar-refractivity contribution in [3.63, 3.8) is 0 Å². The van der Waals surface area contributed by atoms with Gasteiger partial charge in [0.2, 0.25) is 11.8 Å². The number of hydrogen-bond acceptors (Lipinski definition) is 7. The molecule has 0 bridgehead atoms. The molecule has 2 atom stereocenters. The van der Waals surface area contributed by atoms with Crippen molar-refractivity contribution in [2.24, 2.45) is 0 Å². The second-order valence-corrected chi connectivity index (χ2v) is 8.16. The molecule has 0 aromatic carbocycles. The first kappa shape index (κ1) is 19.0. The molecule has 0 amide bonds. The molecule has 1 saturated heterocycles. The molecule has 0 spiro atoms. The zero-order chi connectivity index (χ0) is 20.5. The summed E-state index contributed by atoms with van der Waals surface area (Å²) in [5.41, 5.74) is 2.61. The van der Waals surface area contributed by atoms with Crippen LogP contribution < -0.4 is 10.1 Å². The maximum atomic E-state index is 6.00. The van der Waals surface area contributed by atoms with E-state index in [1.165, 1.54) is 0 Å². The number of anilines is 1. The fourth-order valence-corrected chi connectivity index (χ4v) is 4.13. The average Bonchev–Trinajstić information content (AvgIpc) is 3.15. The van der Waals surface area contributed by atoms with Gasteiger partial charge in [-0.25, -0.2) is 4.98 Å². The summed E-state index contributed by atoms with van der Waals surface area (Å²) in [6.45, 7) is 7.15. The summed E-state index contributed by atoms with van der Waals surface area (Å²) in [5.74, 6) is 2.55. The fraction of sp³-hybridized carbons (Fsp3) is 0.455. The predicted molar refractivity (Wildman–Crippen MR) is 114 cm³/mol. The van der Waals surface area contributed by atoms with Crippen molar-refractivity contribution < 1.29 is 9.47 Å². The maximum absolute atomic E-state index is 6.00. The Balaban J connectivity index is 1.32. The highest BCUT2D eigenvalue weighted by Crippen LogP contribution is 2.34. The monoisotopic (exact) mass is 406 g/mol. The summed E-state index contributed by atoms with van der Waals surface area (Å²) in [4.78, 5) is 9.17. The van der Waals surface area contributed by atoms with Crippen molar-refractivity contribution in [3.8, 4) is 5.88 Å². The van der Waals surface area contributed by atoms with Gasteiger partial charge in [0, 0.05) is 24.4 Å². The Bertz CT molecular complexity index is 1060. The predicted octanol–water partition coefficient (Wildman–Crippen LogP) is 3.47. The molecular weight excluding hydrogens is 380 g/mol. The van der Waals surface area contributed by atoms with Gasteiger partial charge in [0.25, 0.3) is 0 Å². The Morgan fingerprint density at radius 3 is 2.97 bits per heavy atom. The molecule has 1 aliphatic carbocycles. The van der Waals surface area contributed by atoms with Crippen molar-refractivity contribution >= 4 is 17.2 Å². The number of pyridine rings is 1. The highest BCUT2D eigenvalue weighted by atomic mass is 16.6. The molecule has 1 N–H and O–H groups in total. The molecule has 0 unspecified atom stereocenters. The molecule has 1 aliphatic heterocycles. The Morgan fingerprint density at radius 2 is 2.17 bits per heavy atom. The first-order valence-corrected chi connectivity index (χ1v) is 10.5. The van der Waals surface area contributed by atoms with Crippen LogP contribution in [-0.2, 0) is 4.74 Å². The maximum Gasteiger partial charge on any atom is 0.226 e. The van der Waals surface area contributed by atoms with E-state index in [0.717, 1.165) is 48.3 Å². The average molecular weight is 406 g/mol. The highest BCUT2D eigenvalue weighted by Gasteiger charge is 2.28. The van der Waals surface area contributed by atoms with E-state index in [2.05, 4.69) is 36.5 Å². The molecule has 2 aliphatic rings. The van der Waals surface area contributed by atoms with E-state index in [1.54, 1.807) is 6.20 Å². The van der Waals surface area contributed by atoms with E-state index < -0.39 is 0 Å². The second kappa shape index (κ2) is 8.02. The molecule has 8 nitrogen and oxygen atoms in total. The van der Waals surface area contributed by atoms with Crippen LogP contribution in [0.5, 0.6) is 5.88 Å². The fourth-order valence-electron chi connectivity index (χ4n) is 4.13. The van der Waals surface area contributed by atoms with Crippen molar-refractivity contribution in [2.75, 3.05) is 18.5 Å². The Kier molecular flexibility index (Phi) is 5.08. The zero-order valence-corrected chi connectivity index (χ0v) is 17.1. The molecule has 8 heteroatoms. The number of nitrogens with one attached hydrogen (secondary N) is 1. The topological polar surface area (TPSA) is 86.5 Å². The number of hydrogen-bond donors (Lipinski definition) is 1. The van der Waals surface area contributed by atoms with Gasteiger partial charge in [-0.1, -0.05) is 19.1 Å². The van der Waals surface area contributed by atoms with E-state index in [1.807, 2.05) is 31.3 Å². The van der Waals surface area contributed by atoms with Crippen LogP contribution in [0.15, 0.2) is 37.2 Å². The summed E-state index contributed by atoms with van der Waals surface area (Å²) in [6.07, 6.45) is 8.15. The van der Waals surface area contributed by atoms with Gasteiger partial charge in [-0.2, -0.15) is 4.98 Å². The second-order valence-electron chi connectivity index (χ2n) is 8.16. The molecule has 156 valence electrons. The largest absolute Gasteiger partial charge is 0.469 e. The number of allylic oxidation sites excluding steroid dienone is 1. The number of aromatic nitrogens is 5. The lowest BCUT2D eigenvalue weighted by atomic mass is 9.85. The molecular formula is C22H26N6O2. The molecule has 3 aromatic heterocycles. The SMILES string of the molecule is C=C(C)c1cnc(N[C@@H]2CCC[C@H](c3nnc4ccccn34)C2)nc1OC1COC1. The third-order valence-corrected chi connectivity index (χ3v) is 5.81. The van der Waals surface area contributed by atoms with Crippen LogP contribution in [0.1, 0.15) is 49.9 Å². The number of fused-ring (bicyclic) bond motifs is 1. The number of nitrogens with zero attached hydrogens (tertiary/aromatic N) is 5. The molecule has 2 fully saturated rings. The van der Waals surface area contributed by atoms with Crippen LogP contribution in [0.3, 0.4) is 0 Å². The van der Waals surface area contributed by atoms with Gasteiger partial charge in [0.15, 0.2) is 5.65 Å². The van der Waals surface area contributed by atoms with Crippen molar-refractivity contribution in [3.05, 3.63) is 48.6 Å². The summed E-state index contributed by atoms with van der Waals surface area (Å²) in [7, 11) is 0. The van der Waals surface area contributed by atoms with Gasteiger partial charge in [0.1, 0.15) is 11.9 Å². The van der Waals surface area contributed by atoms with Crippen molar-refractivity contribution in [1.82, 2.24) is 24.6 Å². The Labute approximate surface area is 175 Å². The quantitative estimate of drug-likeness (QED) is 0.671. The minimum atomic E-state index is 0.0473. The first-order chi connectivity index (χ1) is 14.7. The smallest absolute Gasteiger partial charge is 0.226 e. The molecule has 4 heterocycles. The van der Waals surface area contributed by atoms with E-state index in [-0.39, 0.29) is 12.1 Å². The van der Waals surface area contributed by atoms with Gasteiger partial charge in [-0.15, -0.1) is 10.2 Å². The Hall–Kier alpha value is -3.00. The van der Waals surface area contributed by atoms with E-state index in [9.17, 15) is 0 Å². The van der Waals surface area contributed by atoms with Crippen LogP contribution >= 0.6 is 0 Å². The van der Waals surface area contributed by atoms with Crippen LogP contribution in [0.25, 0.3) is 11.2 Å². The molecule has 30 heavy (non-hydrogen) atoms. The van der Waals surface area contributed by atoms with Gasteiger partial charge < -0.3 is 14.8 Å². The van der Waals surface area contributed by atoms with Gasteiger partial charge in [-0.3, -0.25) is 4.40 Å². The minimum absolute atomic E-state index is 0.0473. The van der Waals surface area contributed by atoms with Crippen molar-refractivity contribution in [2.45, 2.75) is 50.7 Å². The van der Waals surface area contributed by atoms with Crippen LogP contribution in [0, 0.1) is 0 Å². The zero-order valence-electron chi connectivity index (χ0n) is 17.1. The Morgan fingerprint density at radius 1 is 1.27 bits per heavy atom. The van der Waals surface area contributed by atoms with Crippen LogP contribution in [0.4, 0.5) is 5.95 Å². The van der Waals surface area contributed by atoms with E-state index >= 15 is 0 Å². The molecule has 5 rings (SSSR count). The lowest BCUT2D eigenvalue weighted by Crippen LogP contribution is -2.39. The van der Waals surface area contributed by atoms with Crippen LogP contribution in [-0.4, -0.2) is 49.9 Å². The standard InChI is InChI=1S/C22H26N6O2/c1-14(2)18-11-23-22(25-21(18)30-17-12-29-13-17)24-16-7-5-6-15(10-16)20-27-26-19-8-3-4-9-28(19)20/h3-4,8-9,11,15-17H,1,5-7,10,12-13H2,2H3,(H,23,24,25)/t15-,16+/m0/s1. The van der Waals surface area contributed by atoms with Gasteiger partial charge >= 0.3 is 0 Å². The number of ether oxygens (including phenoxy) is 2. The minimum Gasteiger partial charge on any atom is -0.469 e. The van der Waals surface area contributed by atoms with Gasteiger partial charge in [0.05, 0.1) is 18.8 Å². The molecule has 3 aromatic rings. The lowest BCUT2D eigenvalue weighted by Gasteiger charge is -2.29. The summed E-state index contributed by atoms with van der Waals surface area (Å²) in [6, 6.07) is 6.26. The van der Waals surface area contributed by atoms with E-state index in [0.29, 0.717) is 31.0 Å². The van der Waals surface area contributed by atoms with E-state index in [4.69, 9.17) is 9.47 Å². The number of rotatable bonds is 6. The lowest BCUT2D eigenvalue weighted by molar-refractivity contribution is -0.0814.